The van der Waals surface area contributed by atoms with Crippen molar-refractivity contribution in [2.75, 3.05) is 4.31 Å². The Hall–Kier alpha value is -3.40. The molecule has 30 heavy (non-hydrogen) atoms. The van der Waals surface area contributed by atoms with E-state index < -0.39 is 27.5 Å². The summed E-state index contributed by atoms with van der Waals surface area (Å²) in [5.74, 6) is -2.37. The Morgan fingerprint density at radius 3 is 2.50 bits per heavy atom. The first-order valence-corrected chi connectivity index (χ1v) is 10.2. The quantitative estimate of drug-likeness (QED) is 0.481. The molecule has 0 atom stereocenters. The molecule has 0 fully saturated rings. The maximum Gasteiger partial charge on any atom is 0.266 e. The highest BCUT2D eigenvalue weighted by molar-refractivity contribution is 7.92. The van der Waals surface area contributed by atoms with Gasteiger partial charge in [-0.1, -0.05) is 12.1 Å². The third kappa shape index (κ3) is 3.61. The lowest BCUT2D eigenvalue weighted by Gasteiger charge is -2.25. The van der Waals surface area contributed by atoms with E-state index in [0.717, 1.165) is 22.5 Å². The number of halogens is 3. The summed E-state index contributed by atoms with van der Waals surface area (Å²) in [5.41, 5.74) is 0.694. The summed E-state index contributed by atoms with van der Waals surface area (Å²) < 4.78 is 70.3. The van der Waals surface area contributed by atoms with Crippen LogP contribution in [0.15, 0.2) is 65.7 Å². The fourth-order valence-electron chi connectivity index (χ4n) is 3.02. The smallest absolute Gasteiger partial charge is 0.266 e. The Morgan fingerprint density at radius 2 is 1.77 bits per heavy atom. The van der Waals surface area contributed by atoms with Gasteiger partial charge in [-0.15, -0.1) is 10.2 Å². The third-order valence-electron chi connectivity index (χ3n) is 4.54. The summed E-state index contributed by atoms with van der Waals surface area (Å²) in [6.07, 6.45) is 1.35. The van der Waals surface area contributed by atoms with Crippen molar-refractivity contribution in [1.82, 2.24) is 14.6 Å². The molecule has 0 radical (unpaired) electrons. The second kappa shape index (κ2) is 7.45. The molecule has 0 bridgehead atoms. The maximum atomic E-state index is 13.9. The van der Waals surface area contributed by atoms with Gasteiger partial charge in [0.1, 0.15) is 16.5 Å². The molecule has 4 aromatic rings. The van der Waals surface area contributed by atoms with Gasteiger partial charge in [0.05, 0.1) is 12.2 Å². The van der Waals surface area contributed by atoms with E-state index in [4.69, 9.17) is 0 Å². The molecule has 0 unspecified atom stereocenters. The minimum atomic E-state index is -4.24. The zero-order valence-corrected chi connectivity index (χ0v) is 16.4. The molecule has 0 spiro atoms. The molecule has 10 heteroatoms. The SMILES string of the molecule is Cc1nnc2ccc(S(=O)(=O)N(Cc3cccc(F)c3)c3ccc(F)c(F)c3)cn12. The van der Waals surface area contributed by atoms with Crippen molar-refractivity contribution in [1.29, 1.82) is 0 Å². The van der Waals surface area contributed by atoms with Crippen molar-refractivity contribution in [2.24, 2.45) is 0 Å². The molecule has 0 aliphatic rings. The summed E-state index contributed by atoms with van der Waals surface area (Å²) in [7, 11) is -4.24. The zero-order valence-electron chi connectivity index (χ0n) is 15.6. The van der Waals surface area contributed by atoms with Gasteiger partial charge in [0.2, 0.25) is 0 Å². The van der Waals surface area contributed by atoms with Crippen LogP contribution < -0.4 is 4.31 Å². The summed E-state index contributed by atoms with van der Waals surface area (Å²) in [5, 5.41) is 7.81. The number of benzene rings is 2. The number of hydrogen-bond acceptors (Lipinski definition) is 4. The summed E-state index contributed by atoms with van der Waals surface area (Å²) in [4.78, 5) is -0.112. The first-order chi connectivity index (χ1) is 14.3. The summed E-state index contributed by atoms with van der Waals surface area (Å²) in [6, 6.07) is 11.0. The van der Waals surface area contributed by atoms with Crippen LogP contribution in [0.4, 0.5) is 18.9 Å². The van der Waals surface area contributed by atoms with E-state index in [-0.39, 0.29) is 17.1 Å². The Morgan fingerprint density at radius 1 is 0.967 bits per heavy atom. The lowest BCUT2D eigenvalue weighted by Crippen LogP contribution is -2.31. The monoisotopic (exact) mass is 432 g/mol. The van der Waals surface area contributed by atoms with E-state index in [1.165, 1.54) is 40.9 Å². The Balaban J connectivity index is 1.85. The van der Waals surface area contributed by atoms with Gasteiger partial charge in [-0.3, -0.25) is 8.71 Å². The van der Waals surface area contributed by atoms with Crippen LogP contribution in [-0.2, 0) is 16.6 Å². The molecule has 0 saturated heterocycles. The van der Waals surface area contributed by atoms with Crippen LogP contribution in [0, 0.1) is 24.4 Å². The molecule has 2 aromatic heterocycles. The predicted molar refractivity (Wildman–Crippen MR) is 104 cm³/mol. The highest BCUT2D eigenvalue weighted by atomic mass is 32.2. The van der Waals surface area contributed by atoms with E-state index in [2.05, 4.69) is 10.2 Å². The number of anilines is 1. The number of fused-ring (bicyclic) bond motifs is 1. The molecule has 2 aromatic carbocycles. The highest BCUT2D eigenvalue weighted by Gasteiger charge is 2.27. The molecule has 0 aliphatic heterocycles. The fourth-order valence-corrected chi connectivity index (χ4v) is 4.47. The second-order valence-electron chi connectivity index (χ2n) is 6.58. The molecule has 6 nitrogen and oxygen atoms in total. The largest absolute Gasteiger partial charge is 0.285 e. The van der Waals surface area contributed by atoms with Gasteiger partial charge in [-0.2, -0.15) is 0 Å². The van der Waals surface area contributed by atoms with Crippen molar-refractivity contribution in [2.45, 2.75) is 18.4 Å². The maximum absolute atomic E-state index is 13.9. The topological polar surface area (TPSA) is 67.6 Å². The predicted octanol–water partition coefficient (Wildman–Crippen LogP) is 3.85. The first kappa shape index (κ1) is 19.9. The van der Waals surface area contributed by atoms with Crippen molar-refractivity contribution in [3.63, 3.8) is 0 Å². The van der Waals surface area contributed by atoms with E-state index in [1.807, 2.05) is 0 Å². The van der Waals surface area contributed by atoms with Crippen molar-refractivity contribution >= 4 is 21.4 Å². The first-order valence-electron chi connectivity index (χ1n) is 8.79. The molecular weight excluding hydrogens is 417 g/mol. The van der Waals surface area contributed by atoms with Crippen LogP contribution in [0.3, 0.4) is 0 Å². The van der Waals surface area contributed by atoms with Gasteiger partial charge in [0.25, 0.3) is 10.0 Å². The van der Waals surface area contributed by atoms with Gasteiger partial charge in [-0.25, -0.2) is 21.6 Å². The van der Waals surface area contributed by atoms with Crippen molar-refractivity contribution < 1.29 is 21.6 Å². The number of aryl methyl sites for hydroxylation is 1. The molecule has 154 valence electrons. The molecular formula is C20H15F3N4O2S. The molecule has 4 rings (SSSR count). The highest BCUT2D eigenvalue weighted by Crippen LogP contribution is 2.28. The normalized spacial score (nSPS) is 11.7. The minimum absolute atomic E-state index is 0.0984. The third-order valence-corrected chi connectivity index (χ3v) is 6.30. The Kier molecular flexibility index (Phi) is 4.94. The number of aromatic nitrogens is 3. The zero-order chi connectivity index (χ0) is 21.5. The van der Waals surface area contributed by atoms with E-state index in [1.54, 1.807) is 13.0 Å². The standard InChI is InChI=1S/C20H15F3N4O2S/c1-13-24-25-20-8-6-17(12-26(13)20)30(28,29)27(11-14-3-2-4-15(21)9-14)16-5-7-18(22)19(23)10-16/h2-10,12H,11H2,1H3. The van der Waals surface area contributed by atoms with Gasteiger partial charge < -0.3 is 0 Å². The minimum Gasteiger partial charge on any atom is -0.285 e. The lowest BCUT2D eigenvalue weighted by molar-refractivity contribution is 0.508. The van der Waals surface area contributed by atoms with Crippen LogP contribution in [0.25, 0.3) is 5.65 Å². The molecule has 0 amide bonds. The van der Waals surface area contributed by atoms with E-state index in [0.29, 0.717) is 17.0 Å². The van der Waals surface area contributed by atoms with Crippen molar-refractivity contribution in [3.05, 3.63) is 89.6 Å². The Bertz CT molecular complexity index is 1360. The van der Waals surface area contributed by atoms with Crippen LogP contribution >= 0.6 is 0 Å². The van der Waals surface area contributed by atoms with Crippen LogP contribution in [-0.4, -0.2) is 23.0 Å². The molecule has 2 heterocycles. The van der Waals surface area contributed by atoms with Crippen LogP contribution in [0.1, 0.15) is 11.4 Å². The summed E-state index contributed by atoms with van der Waals surface area (Å²) >= 11 is 0. The fraction of sp³-hybridized carbons (Fsp3) is 0.100. The Labute approximate surface area is 170 Å². The van der Waals surface area contributed by atoms with Gasteiger partial charge in [0.15, 0.2) is 17.3 Å². The van der Waals surface area contributed by atoms with Crippen molar-refractivity contribution in [3.8, 4) is 0 Å². The average molecular weight is 432 g/mol. The van der Waals surface area contributed by atoms with E-state index in [9.17, 15) is 21.6 Å². The number of rotatable bonds is 5. The molecule has 0 saturated carbocycles. The number of nitrogens with zero attached hydrogens (tertiary/aromatic N) is 4. The van der Waals surface area contributed by atoms with Gasteiger partial charge >= 0.3 is 0 Å². The van der Waals surface area contributed by atoms with Gasteiger partial charge in [0, 0.05) is 12.3 Å². The van der Waals surface area contributed by atoms with Crippen LogP contribution in [0.2, 0.25) is 0 Å². The summed E-state index contributed by atoms with van der Waals surface area (Å²) in [6.45, 7) is 1.38. The second-order valence-corrected chi connectivity index (χ2v) is 8.44. The van der Waals surface area contributed by atoms with Crippen LogP contribution in [0.5, 0.6) is 0 Å². The average Bonchev–Trinajstić information content (AvgIpc) is 3.09. The molecule has 0 aliphatic carbocycles. The number of pyridine rings is 1. The van der Waals surface area contributed by atoms with E-state index >= 15 is 0 Å². The number of hydrogen-bond donors (Lipinski definition) is 0. The number of sulfonamides is 1. The van der Waals surface area contributed by atoms with Gasteiger partial charge in [-0.05, 0) is 48.9 Å². The lowest BCUT2D eigenvalue weighted by atomic mass is 10.2. The molecule has 0 N–H and O–H groups in total.